The van der Waals surface area contributed by atoms with Crippen LogP contribution in [-0.2, 0) is 16.1 Å². The third-order valence-electron chi connectivity index (χ3n) is 5.21. The van der Waals surface area contributed by atoms with Crippen molar-refractivity contribution in [3.8, 4) is 5.69 Å². The standard InChI is InChI=1S/C22H22N4O3/c1-16-23-11-13-25(16)19-9-5-6-17(14-19)15-24-20(27)22(29)10-12-26(21(22)28)18-7-3-2-4-8-18/h2-9,11,13-14,29H,10,12,15H2,1H3,(H,24,27). The number of hydrogen-bond donors (Lipinski definition) is 2. The first-order valence-electron chi connectivity index (χ1n) is 9.46. The molecular weight excluding hydrogens is 368 g/mol. The van der Waals surface area contributed by atoms with Crippen molar-refractivity contribution in [1.29, 1.82) is 0 Å². The monoisotopic (exact) mass is 390 g/mol. The number of hydrogen-bond acceptors (Lipinski definition) is 4. The zero-order valence-corrected chi connectivity index (χ0v) is 16.1. The molecule has 1 aliphatic heterocycles. The van der Waals surface area contributed by atoms with Crippen molar-refractivity contribution in [2.24, 2.45) is 0 Å². The van der Waals surface area contributed by atoms with E-state index >= 15 is 0 Å². The van der Waals surface area contributed by atoms with Gasteiger partial charge in [0.1, 0.15) is 5.82 Å². The highest BCUT2D eigenvalue weighted by atomic mass is 16.3. The summed E-state index contributed by atoms with van der Waals surface area (Å²) in [6.07, 6.45) is 3.65. The van der Waals surface area contributed by atoms with E-state index in [4.69, 9.17) is 0 Å². The number of carbonyl (C=O) groups is 2. The minimum atomic E-state index is -2.05. The van der Waals surface area contributed by atoms with Crippen molar-refractivity contribution in [2.45, 2.75) is 25.5 Å². The van der Waals surface area contributed by atoms with Crippen LogP contribution in [0.2, 0.25) is 0 Å². The van der Waals surface area contributed by atoms with Crippen molar-refractivity contribution in [2.75, 3.05) is 11.4 Å². The number of aromatic nitrogens is 2. The molecule has 1 atom stereocenters. The normalized spacial score (nSPS) is 18.8. The Morgan fingerprint density at radius 2 is 1.93 bits per heavy atom. The molecule has 2 N–H and O–H groups in total. The summed E-state index contributed by atoms with van der Waals surface area (Å²) < 4.78 is 1.94. The van der Waals surface area contributed by atoms with Gasteiger partial charge in [-0.05, 0) is 36.8 Å². The van der Waals surface area contributed by atoms with Gasteiger partial charge in [-0.15, -0.1) is 0 Å². The Labute approximate surface area is 168 Å². The van der Waals surface area contributed by atoms with Crippen molar-refractivity contribution in [3.63, 3.8) is 0 Å². The number of benzene rings is 2. The molecule has 0 saturated carbocycles. The first-order valence-corrected chi connectivity index (χ1v) is 9.46. The highest BCUT2D eigenvalue weighted by Crippen LogP contribution is 2.28. The molecule has 2 heterocycles. The summed E-state index contributed by atoms with van der Waals surface area (Å²) in [6.45, 7) is 2.41. The molecule has 2 amide bonds. The average Bonchev–Trinajstić information content (AvgIpc) is 3.31. The lowest BCUT2D eigenvalue weighted by molar-refractivity contribution is -0.149. The van der Waals surface area contributed by atoms with Crippen LogP contribution in [0.3, 0.4) is 0 Å². The lowest BCUT2D eigenvalue weighted by atomic mass is 10.0. The van der Waals surface area contributed by atoms with Crippen LogP contribution in [0.25, 0.3) is 5.69 Å². The molecule has 1 saturated heterocycles. The number of nitrogens with one attached hydrogen (secondary N) is 1. The molecule has 0 spiro atoms. The molecular formula is C22H22N4O3. The second kappa shape index (κ2) is 7.52. The maximum Gasteiger partial charge on any atom is 0.268 e. The Balaban J connectivity index is 1.45. The van der Waals surface area contributed by atoms with Crippen LogP contribution >= 0.6 is 0 Å². The predicted octanol–water partition coefficient (Wildman–Crippen LogP) is 1.96. The van der Waals surface area contributed by atoms with E-state index in [0.717, 1.165) is 17.1 Å². The second-order valence-corrected chi connectivity index (χ2v) is 7.10. The van der Waals surface area contributed by atoms with Crippen LogP contribution in [0.4, 0.5) is 5.69 Å². The average molecular weight is 390 g/mol. The molecule has 7 nitrogen and oxygen atoms in total. The summed E-state index contributed by atoms with van der Waals surface area (Å²) in [5.41, 5.74) is 0.411. The van der Waals surface area contributed by atoms with Gasteiger partial charge >= 0.3 is 0 Å². The molecule has 1 aliphatic rings. The van der Waals surface area contributed by atoms with Crippen molar-refractivity contribution in [3.05, 3.63) is 78.4 Å². The van der Waals surface area contributed by atoms with E-state index in [1.54, 1.807) is 18.3 Å². The summed E-state index contributed by atoms with van der Waals surface area (Å²) in [5, 5.41) is 13.5. The van der Waals surface area contributed by atoms with Gasteiger partial charge < -0.3 is 19.9 Å². The van der Waals surface area contributed by atoms with E-state index in [2.05, 4.69) is 10.3 Å². The maximum absolute atomic E-state index is 12.7. The Morgan fingerprint density at radius 3 is 2.66 bits per heavy atom. The summed E-state index contributed by atoms with van der Waals surface area (Å²) in [7, 11) is 0. The van der Waals surface area contributed by atoms with Crippen LogP contribution in [0.1, 0.15) is 17.8 Å². The van der Waals surface area contributed by atoms with Gasteiger partial charge in [0.05, 0.1) is 0 Å². The lowest BCUT2D eigenvalue weighted by Crippen LogP contribution is -2.52. The molecule has 0 radical (unpaired) electrons. The quantitative estimate of drug-likeness (QED) is 0.652. The first kappa shape index (κ1) is 18.9. The fourth-order valence-corrected chi connectivity index (χ4v) is 3.57. The van der Waals surface area contributed by atoms with E-state index in [0.29, 0.717) is 12.2 Å². The Bertz CT molecular complexity index is 1050. The van der Waals surface area contributed by atoms with E-state index < -0.39 is 17.4 Å². The minimum absolute atomic E-state index is 0.0564. The van der Waals surface area contributed by atoms with Gasteiger partial charge in [-0.3, -0.25) is 9.59 Å². The third-order valence-corrected chi connectivity index (χ3v) is 5.21. The van der Waals surface area contributed by atoms with Crippen molar-refractivity contribution >= 4 is 17.5 Å². The number of imidazole rings is 1. The Morgan fingerprint density at radius 1 is 1.17 bits per heavy atom. The smallest absolute Gasteiger partial charge is 0.268 e. The minimum Gasteiger partial charge on any atom is -0.372 e. The number of para-hydroxylation sites is 1. The summed E-state index contributed by atoms with van der Waals surface area (Å²) in [5.74, 6) is -0.410. The largest absolute Gasteiger partial charge is 0.372 e. The zero-order chi connectivity index (χ0) is 20.4. The number of rotatable bonds is 5. The summed E-state index contributed by atoms with van der Waals surface area (Å²) in [4.78, 5) is 31.1. The molecule has 148 valence electrons. The van der Waals surface area contributed by atoms with E-state index in [-0.39, 0.29) is 13.0 Å². The molecule has 7 heteroatoms. The number of amides is 2. The highest BCUT2D eigenvalue weighted by molar-refractivity contribution is 6.16. The molecule has 4 rings (SSSR count). The number of nitrogens with zero attached hydrogens (tertiary/aromatic N) is 3. The van der Waals surface area contributed by atoms with Gasteiger partial charge in [0, 0.05) is 43.3 Å². The summed E-state index contributed by atoms with van der Waals surface area (Å²) >= 11 is 0. The molecule has 1 aromatic heterocycles. The molecule has 1 fully saturated rings. The zero-order valence-electron chi connectivity index (χ0n) is 16.1. The SMILES string of the molecule is Cc1nccn1-c1cccc(CNC(=O)C2(O)CCN(c3ccccc3)C2=O)c1. The Kier molecular flexibility index (Phi) is 4.90. The van der Waals surface area contributed by atoms with Gasteiger partial charge in [-0.25, -0.2) is 4.98 Å². The van der Waals surface area contributed by atoms with E-state index in [1.165, 1.54) is 4.90 Å². The molecule has 29 heavy (non-hydrogen) atoms. The van der Waals surface area contributed by atoms with Gasteiger partial charge in [0.2, 0.25) is 5.60 Å². The second-order valence-electron chi connectivity index (χ2n) is 7.10. The van der Waals surface area contributed by atoms with Gasteiger partial charge in [0.25, 0.3) is 11.8 Å². The van der Waals surface area contributed by atoms with Crippen LogP contribution in [0, 0.1) is 6.92 Å². The van der Waals surface area contributed by atoms with Crippen LogP contribution in [-0.4, -0.2) is 38.6 Å². The van der Waals surface area contributed by atoms with Gasteiger partial charge in [-0.1, -0.05) is 30.3 Å². The Hall–Kier alpha value is -3.45. The maximum atomic E-state index is 12.7. The lowest BCUT2D eigenvalue weighted by Gasteiger charge is -2.22. The van der Waals surface area contributed by atoms with Crippen molar-refractivity contribution < 1.29 is 14.7 Å². The fraction of sp³-hybridized carbons (Fsp3) is 0.227. The summed E-state index contributed by atoms with van der Waals surface area (Å²) in [6, 6.07) is 16.7. The van der Waals surface area contributed by atoms with Crippen LogP contribution in [0.5, 0.6) is 0 Å². The van der Waals surface area contributed by atoms with Crippen molar-refractivity contribution in [1.82, 2.24) is 14.9 Å². The van der Waals surface area contributed by atoms with E-state index in [1.807, 2.05) is 60.2 Å². The topological polar surface area (TPSA) is 87.5 Å². The number of aryl methyl sites for hydroxylation is 1. The van der Waals surface area contributed by atoms with Gasteiger partial charge in [-0.2, -0.15) is 0 Å². The molecule has 0 bridgehead atoms. The molecule has 2 aromatic carbocycles. The first-order chi connectivity index (χ1) is 14.0. The van der Waals surface area contributed by atoms with Gasteiger partial charge in [0.15, 0.2) is 0 Å². The third kappa shape index (κ3) is 3.52. The molecule has 0 aliphatic carbocycles. The molecule has 3 aromatic rings. The van der Waals surface area contributed by atoms with Crippen LogP contribution in [0.15, 0.2) is 67.0 Å². The van der Waals surface area contributed by atoms with E-state index in [9.17, 15) is 14.7 Å². The number of anilines is 1. The van der Waals surface area contributed by atoms with Crippen LogP contribution < -0.4 is 10.2 Å². The fourth-order valence-electron chi connectivity index (χ4n) is 3.57. The number of aliphatic hydroxyl groups is 1. The molecule has 1 unspecified atom stereocenters. The number of carbonyl (C=O) groups excluding carboxylic acids is 2. The highest BCUT2D eigenvalue weighted by Gasteiger charge is 2.51. The predicted molar refractivity (Wildman–Crippen MR) is 109 cm³/mol.